The van der Waals surface area contributed by atoms with Gasteiger partial charge in [0.1, 0.15) is 5.60 Å². The summed E-state index contributed by atoms with van der Waals surface area (Å²) >= 11 is 0. The molecular formula is C18H28N4O4. The first-order valence-corrected chi connectivity index (χ1v) is 8.90. The molecule has 2 atom stereocenters. The number of carbonyl (C=O) groups is 2. The fourth-order valence-electron chi connectivity index (χ4n) is 2.80. The quantitative estimate of drug-likeness (QED) is 0.801. The third-order valence-electron chi connectivity index (χ3n) is 4.11. The second kappa shape index (κ2) is 8.33. The summed E-state index contributed by atoms with van der Waals surface area (Å²) in [4.78, 5) is 34.1. The molecule has 2 rings (SSSR count). The summed E-state index contributed by atoms with van der Waals surface area (Å²) < 4.78 is 10.2. The third-order valence-corrected chi connectivity index (χ3v) is 4.11. The number of nitrogens with zero attached hydrogens (tertiary/aromatic N) is 3. The Morgan fingerprint density at radius 3 is 2.50 bits per heavy atom. The Hall–Kier alpha value is -2.38. The lowest BCUT2D eigenvalue weighted by Crippen LogP contribution is -2.36. The molecule has 0 aliphatic carbocycles. The van der Waals surface area contributed by atoms with Gasteiger partial charge in [0.2, 0.25) is 5.95 Å². The van der Waals surface area contributed by atoms with E-state index in [-0.39, 0.29) is 5.92 Å². The fourth-order valence-corrected chi connectivity index (χ4v) is 2.80. The van der Waals surface area contributed by atoms with Crippen LogP contribution in [0.1, 0.15) is 45.0 Å². The molecule has 8 heteroatoms. The van der Waals surface area contributed by atoms with Gasteiger partial charge in [-0.15, -0.1) is 0 Å². The van der Waals surface area contributed by atoms with Crippen molar-refractivity contribution in [2.24, 2.45) is 11.8 Å². The molecule has 0 aromatic carbocycles. The van der Waals surface area contributed by atoms with Crippen LogP contribution in [0.25, 0.3) is 0 Å². The summed E-state index contributed by atoms with van der Waals surface area (Å²) in [7, 11) is 0. The summed E-state index contributed by atoms with van der Waals surface area (Å²) in [5, 5.41) is 2.83. The Balaban J connectivity index is 1.89. The monoisotopic (exact) mass is 364 g/mol. The number of aromatic nitrogens is 2. The molecule has 2 unspecified atom stereocenters. The summed E-state index contributed by atoms with van der Waals surface area (Å²) in [6.45, 7) is 11.8. The first-order chi connectivity index (χ1) is 12.2. The number of carbonyl (C=O) groups excluding carboxylic acids is 2. The minimum Gasteiger partial charge on any atom is -0.462 e. The van der Waals surface area contributed by atoms with E-state index in [4.69, 9.17) is 9.47 Å². The molecule has 0 saturated carbocycles. The molecule has 1 N–H and O–H groups in total. The zero-order valence-corrected chi connectivity index (χ0v) is 16.1. The second-order valence-electron chi connectivity index (χ2n) is 7.52. The van der Waals surface area contributed by atoms with Crippen molar-refractivity contribution in [2.45, 2.75) is 40.2 Å². The lowest BCUT2D eigenvalue weighted by molar-refractivity contribution is 0.0510. The molecule has 1 fully saturated rings. The van der Waals surface area contributed by atoms with Gasteiger partial charge in [-0.2, -0.15) is 0 Å². The van der Waals surface area contributed by atoms with E-state index in [0.29, 0.717) is 30.6 Å². The molecule has 1 saturated heterocycles. The minimum atomic E-state index is -0.508. The van der Waals surface area contributed by atoms with E-state index in [1.165, 1.54) is 12.4 Å². The van der Waals surface area contributed by atoms with E-state index in [1.807, 2.05) is 20.8 Å². The lowest BCUT2D eigenvalue weighted by atomic mass is 9.98. The van der Waals surface area contributed by atoms with Crippen molar-refractivity contribution in [2.75, 3.05) is 31.1 Å². The van der Waals surface area contributed by atoms with Crippen LogP contribution in [0.2, 0.25) is 0 Å². The summed E-state index contributed by atoms with van der Waals surface area (Å²) in [5.74, 6) is 0.798. The normalized spacial score (nSPS) is 20.0. The number of hydrogen-bond donors (Lipinski definition) is 1. The molecule has 0 radical (unpaired) electrons. The van der Waals surface area contributed by atoms with Gasteiger partial charge in [-0.3, -0.25) is 0 Å². The summed E-state index contributed by atoms with van der Waals surface area (Å²) in [5.41, 5.74) is -0.169. The largest absolute Gasteiger partial charge is 0.462 e. The van der Waals surface area contributed by atoms with Crippen molar-refractivity contribution >= 4 is 18.0 Å². The first-order valence-electron chi connectivity index (χ1n) is 8.90. The van der Waals surface area contributed by atoms with Gasteiger partial charge < -0.3 is 19.7 Å². The van der Waals surface area contributed by atoms with E-state index in [2.05, 4.69) is 27.1 Å². The van der Waals surface area contributed by atoms with Crippen molar-refractivity contribution in [3.05, 3.63) is 18.0 Å². The molecule has 1 aliphatic heterocycles. The number of hydrogen-bond acceptors (Lipinski definition) is 7. The van der Waals surface area contributed by atoms with Gasteiger partial charge in [0.25, 0.3) is 0 Å². The van der Waals surface area contributed by atoms with Gasteiger partial charge in [0.15, 0.2) is 0 Å². The van der Waals surface area contributed by atoms with Crippen molar-refractivity contribution < 1.29 is 19.1 Å². The Kier molecular flexibility index (Phi) is 6.39. The van der Waals surface area contributed by atoms with Gasteiger partial charge in [-0.05, 0) is 39.5 Å². The maximum atomic E-state index is 11.8. The first kappa shape index (κ1) is 19.9. The zero-order chi connectivity index (χ0) is 19.3. The van der Waals surface area contributed by atoms with Crippen LogP contribution in [0.4, 0.5) is 10.7 Å². The molecule has 8 nitrogen and oxygen atoms in total. The molecule has 26 heavy (non-hydrogen) atoms. The van der Waals surface area contributed by atoms with E-state index < -0.39 is 17.7 Å². The number of rotatable bonds is 5. The molecule has 1 aromatic rings. The SMILES string of the molecule is CCOC(=O)c1cnc(N2CC(C)C(CNC(=O)OC(C)(C)C)C2)nc1. The van der Waals surface area contributed by atoms with Gasteiger partial charge in [-0.25, -0.2) is 19.6 Å². The number of esters is 1. The Morgan fingerprint density at radius 2 is 1.92 bits per heavy atom. The van der Waals surface area contributed by atoms with Gasteiger partial charge in [-0.1, -0.05) is 6.92 Å². The van der Waals surface area contributed by atoms with Crippen LogP contribution < -0.4 is 10.2 Å². The zero-order valence-electron chi connectivity index (χ0n) is 16.1. The van der Waals surface area contributed by atoms with Crippen LogP contribution in [0, 0.1) is 11.8 Å². The molecule has 2 heterocycles. The number of ether oxygens (including phenoxy) is 2. The fraction of sp³-hybridized carbons (Fsp3) is 0.667. The maximum absolute atomic E-state index is 11.8. The predicted molar refractivity (Wildman–Crippen MR) is 97.1 cm³/mol. The van der Waals surface area contributed by atoms with E-state index >= 15 is 0 Å². The predicted octanol–water partition coefficient (Wildman–Crippen LogP) is 2.25. The molecule has 144 valence electrons. The Morgan fingerprint density at radius 1 is 1.27 bits per heavy atom. The summed E-state index contributed by atoms with van der Waals surface area (Å²) in [6.07, 6.45) is 2.56. The molecule has 1 aliphatic rings. The minimum absolute atomic E-state index is 0.274. The number of anilines is 1. The van der Waals surface area contributed by atoms with Crippen molar-refractivity contribution in [1.29, 1.82) is 0 Å². The van der Waals surface area contributed by atoms with Crippen molar-refractivity contribution in [1.82, 2.24) is 15.3 Å². The highest BCUT2D eigenvalue weighted by Crippen LogP contribution is 2.25. The summed E-state index contributed by atoms with van der Waals surface area (Å²) in [6, 6.07) is 0. The average molecular weight is 364 g/mol. The van der Waals surface area contributed by atoms with Crippen molar-refractivity contribution in [3.63, 3.8) is 0 Å². The maximum Gasteiger partial charge on any atom is 0.407 e. The van der Waals surface area contributed by atoms with E-state index in [1.54, 1.807) is 6.92 Å². The molecular weight excluding hydrogens is 336 g/mol. The van der Waals surface area contributed by atoms with Gasteiger partial charge in [0, 0.05) is 32.0 Å². The van der Waals surface area contributed by atoms with Crippen LogP contribution in [0.15, 0.2) is 12.4 Å². The highest BCUT2D eigenvalue weighted by atomic mass is 16.6. The highest BCUT2D eigenvalue weighted by Gasteiger charge is 2.31. The molecule has 0 spiro atoms. The number of alkyl carbamates (subject to hydrolysis) is 1. The molecule has 1 aromatic heterocycles. The molecule has 1 amide bonds. The van der Waals surface area contributed by atoms with Gasteiger partial charge in [0.05, 0.1) is 12.2 Å². The van der Waals surface area contributed by atoms with Crippen LogP contribution in [0.5, 0.6) is 0 Å². The topological polar surface area (TPSA) is 93.7 Å². The van der Waals surface area contributed by atoms with E-state index in [0.717, 1.165) is 13.1 Å². The van der Waals surface area contributed by atoms with Crippen LogP contribution in [-0.2, 0) is 9.47 Å². The van der Waals surface area contributed by atoms with Crippen LogP contribution in [-0.4, -0.2) is 53.9 Å². The Bertz CT molecular complexity index is 627. The van der Waals surface area contributed by atoms with Crippen LogP contribution >= 0.6 is 0 Å². The average Bonchev–Trinajstić information content (AvgIpc) is 2.93. The van der Waals surface area contributed by atoms with Gasteiger partial charge >= 0.3 is 12.1 Å². The second-order valence-corrected chi connectivity index (χ2v) is 7.52. The third kappa shape index (κ3) is 5.57. The lowest BCUT2D eigenvalue weighted by Gasteiger charge is -2.21. The number of nitrogens with one attached hydrogen (secondary N) is 1. The number of amides is 1. The smallest absolute Gasteiger partial charge is 0.407 e. The standard InChI is InChI=1S/C18H28N4O4/c1-6-25-15(23)13-7-19-16(20-8-13)22-10-12(2)14(11-22)9-21-17(24)26-18(3,4)5/h7-8,12,14H,6,9-11H2,1-5H3,(H,21,24). The Labute approximate surface area is 154 Å². The molecule has 0 bridgehead atoms. The highest BCUT2D eigenvalue weighted by molar-refractivity contribution is 5.88. The van der Waals surface area contributed by atoms with Crippen LogP contribution in [0.3, 0.4) is 0 Å². The van der Waals surface area contributed by atoms with Crippen molar-refractivity contribution in [3.8, 4) is 0 Å². The van der Waals surface area contributed by atoms with E-state index in [9.17, 15) is 9.59 Å².